The summed E-state index contributed by atoms with van der Waals surface area (Å²) in [7, 11) is 0. The smallest absolute Gasteiger partial charge is 0.297 e. The Balaban J connectivity index is 2.55. The lowest BCUT2D eigenvalue weighted by Crippen LogP contribution is -2.43. The van der Waals surface area contributed by atoms with E-state index in [9.17, 15) is 9.59 Å². The Bertz CT molecular complexity index is 603. The van der Waals surface area contributed by atoms with Gasteiger partial charge in [0, 0.05) is 6.04 Å². The van der Waals surface area contributed by atoms with Crippen LogP contribution in [0, 0.1) is 11.8 Å². The predicted octanol–water partition coefficient (Wildman–Crippen LogP) is 3.31. The fourth-order valence-corrected chi connectivity index (χ4v) is 3.75. The maximum Gasteiger partial charge on any atom is 0.329 e. The molecule has 2 rings (SSSR count). The molecule has 0 spiro atoms. The number of rotatable bonds is 2. The molecular weight excluding hydrogens is 276 g/mol. The van der Waals surface area contributed by atoms with Crippen molar-refractivity contribution in [3.05, 3.63) is 31.6 Å². The van der Waals surface area contributed by atoms with Crippen molar-refractivity contribution >= 4 is 11.6 Å². The normalized spacial score (nSPS) is 27.0. The summed E-state index contributed by atoms with van der Waals surface area (Å²) in [6, 6.07) is -0.0165. The second-order valence-corrected chi connectivity index (χ2v) is 6.83. The maximum atomic E-state index is 12.6. The molecule has 5 heteroatoms. The Kier molecular flexibility index (Phi) is 4.43. The van der Waals surface area contributed by atoms with Crippen LogP contribution in [0.15, 0.2) is 9.59 Å². The number of aromatic nitrogens is 2. The molecule has 0 bridgehead atoms. The van der Waals surface area contributed by atoms with Crippen molar-refractivity contribution in [3.8, 4) is 0 Å². The molecule has 3 atom stereocenters. The van der Waals surface area contributed by atoms with Crippen LogP contribution in [0.25, 0.3) is 0 Å². The molecule has 20 heavy (non-hydrogen) atoms. The second-order valence-electron chi connectivity index (χ2n) is 6.45. The minimum atomic E-state index is -0.379. The van der Waals surface area contributed by atoms with Crippen LogP contribution >= 0.6 is 11.6 Å². The van der Waals surface area contributed by atoms with E-state index in [0.29, 0.717) is 17.4 Å². The van der Waals surface area contributed by atoms with Gasteiger partial charge in [0.05, 0.1) is 5.56 Å². The molecule has 1 aromatic rings. The summed E-state index contributed by atoms with van der Waals surface area (Å²) in [6.45, 7) is 8.17. The average molecular weight is 299 g/mol. The zero-order chi connectivity index (χ0) is 15.0. The van der Waals surface area contributed by atoms with E-state index in [1.807, 2.05) is 13.8 Å². The zero-order valence-corrected chi connectivity index (χ0v) is 13.3. The molecular formula is C15H23ClN2O2. The molecule has 0 saturated heterocycles. The molecule has 4 nitrogen and oxygen atoms in total. The van der Waals surface area contributed by atoms with Crippen LogP contribution in [0.2, 0.25) is 5.15 Å². The Morgan fingerprint density at radius 3 is 2.45 bits per heavy atom. The Labute approximate surface area is 124 Å². The first kappa shape index (κ1) is 15.4. The predicted molar refractivity (Wildman–Crippen MR) is 81.6 cm³/mol. The van der Waals surface area contributed by atoms with E-state index in [-0.39, 0.29) is 28.4 Å². The van der Waals surface area contributed by atoms with Crippen LogP contribution in [0.4, 0.5) is 0 Å². The summed E-state index contributed by atoms with van der Waals surface area (Å²) >= 11 is 6.03. The quantitative estimate of drug-likeness (QED) is 0.852. The third-order valence-electron chi connectivity index (χ3n) is 4.42. The number of hydrogen-bond acceptors (Lipinski definition) is 2. The number of aromatic amines is 1. The number of H-pyrrole nitrogens is 1. The SMILES string of the molecule is CC1CCC(n2c(=O)[nH]c(Cl)c(C(C)C)c2=O)C(C)C1. The topological polar surface area (TPSA) is 54.9 Å². The van der Waals surface area contributed by atoms with Gasteiger partial charge in [-0.25, -0.2) is 4.79 Å². The summed E-state index contributed by atoms with van der Waals surface area (Å²) in [4.78, 5) is 27.5. The molecule has 112 valence electrons. The third kappa shape index (κ3) is 2.71. The van der Waals surface area contributed by atoms with Gasteiger partial charge >= 0.3 is 5.69 Å². The standard InChI is InChI=1S/C15H23ClN2O2/c1-8(2)12-13(16)17-15(20)18(14(12)19)11-6-5-9(3)7-10(11)4/h8-11H,5-7H2,1-4H3,(H,17,20). The largest absolute Gasteiger partial charge is 0.329 e. The first-order valence-electron chi connectivity index (χ1n) is 7.37. The van der Waals surface area contributed by atoms with Gasteiger partial charge in [0.25, 0.3) is 5.56 Å². The van der Waals surface area contributed by atoms with Gasteiger partial charge in [-0.1, -0.05) is 39.3 Å². The zero-order valence-electron chi connectivity index (χ0n) is 12.6. The lowest BCUT2D eigenvalue weighted by atomic mass is 9.79. The van der Waals surface area contributed by atoms with E-state index in [4.69, 9.17) is 11.6 Å². The van der Waals surface area contributed by atoms with Gasteiger partial charge in [0.15, 0.2) is 0 Å². The van der Waals surface area contributed by atoms with E-state index in [1.165, 1.54) is 4.57 Å². The maximum absolute atomic E-state index is 12.6. The van der Waals surface area contributed by atoms with Gasteiger partial charge in [-0.05, 0) is 37.0 Å². The number of nitrogens with one attached hydrogen (secondary N) is 1. The van der Waals surface area contributed by atoms with Crippen LogP contribution in [-0.4, -0.2) is 9.55 Å². The molecule has 0 aliphatic heterocycles. The van der Waals surface area contributed by atoms with Gasteiger partial charge < -0.3 is 0 Å². The first-order chi connectivity index (χ1) is 9.32. The molecule has 1 aliphatic carbocycles. The monoisotopic (exact) mass is 298 g/mol. The van der Waals surface area contributed by atoms with Crippen molar-refractivity contribution in [1.29, 1.82) is 0 Å². The van der Waals surface area contributed by atoms with Crippen molar-refractivity contribution in [3.63, 3.8) is 0 Å². The van der Waals surface area contributed by atoms with Crippen molar-refractivity contribution in [2.45, 2.75) is 58.9 Å². The molecule has 1 aromatic heterocycles. The summed E-state index contributed by atoms with van der Waals surface area (Å²) in [5, 5.41) is 0.183. The summed E-state index contributed by atoms with van der Waals surface area (Å²) < 4.78 is 1.40. The van der Waals surface area contributed by atoms with Gasteiger partial charge in [-0.3, -0.25) is 14.3 Å². The van der Waals surface area contributed by atoms with Crippen LogP contribution in [0.3, 0.4) is 0 Å². The summed E-state index contributed by atoms with van der Waals surface area (Å²) in [5.74, 6) is 0.988. The van der Waals surface area contributed by atoms with Gasteiger partial charge in [0.2, 0.25) is 0 Å². The van der Waals surface area contributed by atoms with Crippen LogP contribution in [0.5, 0.6) is 0 Å². The van der Waals surface area contributed by atoms with E-state index >= 15 is 0 Å². The minimum Gasteiger partial charge on any atom is -0.297 e. The van der Waals surface area contributed by atoms with Crippen molar-refractivity contribution in [1.82, 2.24) is 9.55 Å². The molecule has 3 unspecified atom stereocenters. The highest BCUT2D eigenvalue weighted by Gasteiger charge is 2.30. The van der Waals surface area contributed by atoms with Crippen molar-refractivity contribution < 1.29 is 0 Å². The fourth-order valence-electron chi connectivity index (χ4n) is 3.37. The summed E-state index contributed by atoms with van der Waals surface area (Å²) in [6.07, 6.45) is 2.99. The number of nitrogens with zero attached hydrogens (tertiary/aromatic N) is 1. The minimum absolute atomic E-state index is 0.00378. The van der Waals surface area contributed by atoms with Gasteiger partial charge in [0.1, 0.15) is 5.15 Å². The van der Waals surface area contributed by atoms with Crippen molar-refractivity contribution in [2.75, 3.05) is 0 Å². The molecule has 1 N–H and O–H groups in total. The Morgan fingerprint density at radius 1 is 1.25 bits per heavy atom. The highest BCUT2D eigenvalue weighted by molar-refractivity contribution is 6.30. The second kappa shape index (κ2) is 5.76. The fraction of sp³-hybridized carbons (Fsp3) is 0.733. The Hall–Kier alpha value is -1.03. The lowest BCUT2D eigenvalue weighted by molar-refractivity contribution is 0.198. The average Bonchev–Trinajstić information content (AvgIpc) is 2.30. The van der Waals surface area contributed by atoms with Gasteiger partial charge in [-0.15, -0.1) is 0 Å². The van der Waals surface area contributed by atoms with Gasteiger partial charge in [-0.2, -0.15) is 0 Å². The van der Waals surface area contributed by atoms with E-state index in [1.54, 1.807) is 0 Å². The highest BCUT2D eigenvalue weighted by Crippen LogP contribution is 2.35. The summed E-state index contributed by atoms with van der Waals surface area (Å²) in [5.41, 5.74) is -0.0898. The lowest BCUT2D eigenvalue weighted by Gasteiger charge is -2.33. The first-order valence-corrected chi connectivity index (χ1v) is 7.75. The highest BCUT2D eigenvalue weighted by atomic mass is 35.5. The molecule has 1 fully saturated rings. The van der Waals surface area contributed by atoms with E-state index in [2.05, 4.69) is 18.8 Å². The number of hydrogen-bond donors (Lipinski definition) is 1. The van der Waals surface area contributed by atoms with Crippen molar-refractivity contribution in [2.24, 2.45) is 11.8 Å². The molecule has 1 aliphatic rings. The van der Waals surface area contributed by atoms with Crippen LogP contribution in [0.1, 0.15) is 64.5 Å². The number of halogens is 1. The molecule has 0 aromatic carbocycles. The Morgan fingerprint density at radius 2 is 1.90 bits per heavy atom. The van der Waals surface area contributed by atoms with Crippen LogP contribution in [-0.2, 0) is 0 Å². The molecule has 1 heterocycles. The van der Waals surface area contributed by atoms with E-state index < -0.39 is 0 Å². The van der Waals surface area contributed by atoms with Crippen LogP contribution < -0.4 is 11.2 Å². The molecule has 0 amide bonds. The van der Waals surface area contributed by atoms with E-state index in [0.717, 1.165) is 19.3 Å². The molecule has 0 radical (unpaired) electrons. The molecule has 1 saturated carbocycles. The third-order valence-corrected chi connectivity index (χ3v) is 4.71.